The minimum Gasteiger partial charge on any atom is -0.368 e. The van der Waals surface area contributed by atoms with Crippen molar-refractivity contribution in [3.8, 4) is 0 Å². The van der Waals surface area contributed by atoms with Crippen molar-refractivity contribution in [2.24, 2.45) is 0 Å². The standard InChI is InChI=1S/C11H12BrFN4/c12-9-7-10(13)11(15-8-9)14-3-1-5-17-6-2-4-16-17/h2,4,6-8H,1,3,5H2,(H,14,15). The van der Waals surface area contributed by atoms with E-state index in [2.05, 4.69) is 31.3 Å². The second-order valence-corrected chi connectivity index (χ2v) is 4.45. The zero-order chi connectivity index (χ0) is 12.1. The van der Waals surface area contributed by atoms with Gasteiger partial charge in [-0.2, -0.15) is 5.10 Å². The molecule has 0 radical (unpaired) electrons. The average Bonchev–Trinajstić information content (AvgIpc) is 2.79. The summed E-state index contributed by atoms with van der Waals surface area (Å²) in [5.41, 5.74) is 0. The molecule has 6 heteroatoms. The highest BCUT2D eigenvalue weighted by molar-refractivity contribution is 9.10. The van der Waals surface area contributed by atoms with Crippen LogP contribution in [0.1, 0.15) is 6.42 Å². The van der Waals surface area contributed by atoms with Crippen molar-refractivity contribution in [1.82, 2.24) is 14.8 Å². The summed E-state index contributed by atoms with van der Waals surface area (Å²) in [6.07, 6.45) is 6.07. The number of hydrogen-bond donors (Lipinski definition) is 1. The normalized spacial score (nSPS) is 10.5. The van der Waals surface area contributed by atoms with E-state index in [1.54, 1.807) is 12.4 Å². The fourth-order valence-electron chi connectivity index (χ4n) is 1.43. The second kappa shape index (κ2) is 5.77. The molecule has 2 rings (SSSR count). The van der Waals surface area contributed by atoms with Crippen molar-refractivity contribution in [2.45, 2.75) is 13.0 Å². The molecular formula is C11H12BrFN4. The van der Waals surface area contributed by atoms with Gasteiger partial charge in [0.25, 0.3) is 0 Å². The van der Waals surface area contributed by atoms with Crippen LogP contribution in [0.2, 0.25) is 0 Å². The number of nitrogens with one attached hydrogen (secondary N) is 1. The van der Waals surface area contributed by atoms with Crippen LogP contribution >= 0.6 is 15.9 Å². The van der Waals surface area contributed by atoms with Gasteiger partial charge in [0.15, 0.2) is 11.6 Å². The van der Waals surface area contributed by atoms with Crippen LogP contribution in [-0.4, -0.2) is 21.3 Å². The Hall–Kier alpha value is -1.43. The highest BCUT2D eigenvalue weighted by Crippen LogP contribution is 2.15. The molecule has 1 N–H and O–H groups in total. The van der Waals surface area contributed by atoms with Crippen LogP contribution in [0.3, 0.4) is 0 Å². The second-order valence-electron chi connectivity index (χ2n) is 3.53. The molecular weight excluding hydrogens is 287 g/mol. The van der Waals surface area contributed by atoms with Gasteiger partial charge < -0.3 is 5.32 Å². The van der Waals surface area contributed by atoms with Crippen molar-refractivity contribution < 1.29 is 4.39 Å². The van der Waals surface area contributed by atoms with E-state index in [9.17, 15) is 4.39 Å². The maximum atomic E-state index is 13.4. The molecule has 0 fully saturated rings. The third-order valence-corrected chi connectivity index (χ3v) is 2.66. The maximum Gasteiger partial charge on any atom is 0.166 e. The van der Waals surface area contributed by atoms with Crippen molar-refractivity contribution in [3.05, 3.63) is 41.0 Å². The van der Waals surface area contributed by atoms with Crippen LogP contribution in [0, 0.1) is 5.82 Å². The van der Waals surface area contributed by atoms with Crippen molar-refractivity contribution in [2.75, 3.05) is 11.9 Å². The Morgan fingerprint density at radius 2 is 2.35 bits per heavy atom. The molecule has 0 bridgehead atoms. The quantitative estimate of drug-likeness (QED) is 0.863. The number of aromatic nitrogens is 3. The molecule has 2 heterocycles. The van der Waals surface area contributed by atoms with Gasteiger partial charge in [-0.25, -0.2) is 9.37 Å². The first-order valence-corrected chi connectivity index (χ1v) is 6.07. The first kappa shape index (κ1) is 12.0. The molecule has 0 saturated carbocycles. The van der Waals surface area contributed by atoms with Crippen LogP contribution in [0.15, 0.2) is 35.2 Å². The Balaban J connectivity index is 1.78. The van der Waals surface area contributed by atoms with Crippen molar-refractivity contribution in [3.63, 3.8) is 0 Å². The predicted molar refractivity (Wildman–Crippen MR) is 67.2 cm³/mol. The molecule has 2 aromatic rings. The molecule has 90 valence electrons. The highest BCUT2D eigenvalue weighted by atomic mass is 79.9. The van der Waals surface area contributed by atoms with Gasteiger partial charge in [-0.05, 0) is 34.5 Å². The molecule has 0 amide bonds. The molecule has 4 nitrogen and oxygen atoms in total. The largest absolute Gasteiger partial charge is 0.368 e. The van der Waals surface area contributed by atoms with Crippen molar-refractivity contribution >= 4 is 21.7 Å². The Morgan fingerprint density at radius 3 is 3.06 bits per heavy atom. The van der Waals surface area contributed by atoms with Crippen LogP contribution < -0.4 is 5.32 Å². The molecule has 0 atom stereocenters. The van der Waals surface area contributed by atoms with E-state index in [1.165, 1.54) is 6.07 Å². The minimum absolute atomic E-state index is 0.286. The lowest BCUT2D eigenvalue weighted by molar-refractivity contribution is 0.587. The summed E-state index contributed by atoms with van der Waals surface area (Å²) in [4.78, 5) is 3.96. The summed E-state index contributed by atoms with van der Waals surface area (Å²) in [6, 6.07) is 3.27. The van der Waals surface area contributed by atoms with Gasteiger partial charge in [-0.15, -0.1) is 0 Å². The first-order chi connectivity index (χ1) is 8.25. The summed E-state index contributed by atoms with van der Waals surface area (Å²) in [5.74, 6) is -0.0628. The number of hydrogen-bond acceptors (Lipinski definition) is 3. The Kier molecular flexibility index (Phi) is 4.08. The topological polar surface area (TPSA) is 42.7 Å². The lowest BCUT2D eigenvalue weighted by atomic mass is 10.4. The molecule has 0 aliphatic carbocycles. The lowest BCUT2D eigenvalue weighted by Gasteiger charge is -2.06. The van der Waals surface area contributed by atoms with Gasteiger partial charge in [-0.1, -0.05) is 0 Å². The fourth-order valence-corrected chi connectivity index (χ4v) is 1.73. The number of anilines is 1. The SMILES string of the molecule is Fc1cc(Br)cnc1NCCCn1cccn1. The number of halogens is 2. The van der Waals surface area contributed by atoms with Crippen molar-refractivity contribution in [1.29, 1.82) is 0 Å². The Bertz CT molecular complexity index is 472. The van der Waals surface area contributed by atoms with Gasteiger partial charge in [0.2, 0.25) is 0 Å². The van der Waals surface area contributed by atoms with Crippen LogP contribution in [0.4, 0.5) is 10.2 Å². The summed E-state index contributed by atoms with van der Waals surface area (Å²) in [7, 11) is 0. The molecule has 0 spiro atoms. The molecule has 0 aromatic carbocycles. The molecule has 0 aliphatic heterocycles. The average molecular weight is 299 g/mol. The van der Waals surface area contributed by atoms with E-state index in [0.717, 1.165) is 13.0 Å². The van der Waals surface area contributed by atoms with E-state index in [4.69, 9.17) is 0 Å². The fraction of sp³-hybridized carbons (Fsp3) is 0.273. The molecule has 2 aromatic heterocycles. The summed E-state index contributed by atoms with van der Waals surface area (Å²) >= 11 is 3.16. The van der Waals surface area contributed by atoms with Gasteiger partial charge in [0, 0.05) is 36.2 Å². The summed E-state index contributed by atoms with van der Waals surface area (Å²) < 4.78 is 15.9. The van der Waals surface area contributed by atoms with Gasteiger partial charge in [0.1, 0.15) is 0 Å². The number of aryl methyl sites for hydroxylation is 1. The number of rotatable bonds is 5. The summed E-state index contributed by atoms with van der Waals surface area (Å²) in [6.45, 7) is 1.46. The van der Waals surface area contributed by atoms with Gasteiger partial charge in [-0.3, -0.25) is 4.68 Å². The van der Waals surface area contributed by atoms with E-state index >= 15 is 0 Å². The summed E-state index contributed by atoms with van der Waals surface area (Å²) in [5, 5.41) is 7.04. The van der Waals surface area contributed by atoms with Crippen LogP contribution in [-0.2, 0) is 6.54 Å². The Morgan fingerprint density at radius 1 is 1.47 bits per heavy atom. The number of nitrogens with zero attached hydrogens (tertiary/aromatic N) is 3. The third kappa shape index (κ3) is 3.52. The Labute approximate surface area is 107 Å². The molecule has 0 aliphatic rings. The van der Waals surface area contributed by atoms with E-state index < -0.39 is 0 Å². The van der Waals surface area contributed by atoms with Gasteiger partial charge >= 0.3 is 0 Å². The van der Waals surface area contributed by atoms with Crippen LogP contribution in [0.5, 0.6) is 0 Å². The van der Waals surface area contributed by atoms with Gasteiger partial charge in [0.05, 0.1) is 0 Å². The third-order valence-electron chi connectivity index (χ3n) is 2.22. The minimum atomic E-state index is -0.349. The van der Waals surface area contributed by atoms with E-state index in [-0.39, 0.29) is 11.6 Å². The number of pyridine rings is 1. The maximum absolute atomic E-state index is 13.4. The van der Waals surface area contributed by atoms with E-state index in [0.29, 0.717) is 11.0 Å². The first-order valence-electron chi connectivity index (χ1n) is 5.28. The predicted octanol–water partition coefficient (Wildman–Crippen LogP) is 2.68. The molecule has 0 unspecified atom stereocenters. The zero-order valence-electron chi connectivity index (χ0n) is 9.11. The lowest BCUT2D eigenvalue weighted by Crippen LogP contribution is -2.09. The monoisotopic (exact) mass is 298 g/mol. The highest BCUT2D eigenvalue weighted by Gasteiger charge is 2.03. The van der Waals surface area contributed by atoms with Crippen LogP contribution in [0.25, 0.3) is 0 Å². The smallest absolute Gasteiger partial charge is 0.166 e. The molecule has 0 saturated heterocycles. The molecule has 17 heavy (non-hydrogen) atoms. The zero-order valence-corrected chi connectivity index (χ0v) is 10.7. The van der Waals surface area contributed by atoms with E-state index in [1.807, 2.05) is 16.9 Å².